The molecule has 1 saturated heterocycles. The van der Waals surface area contributed by atoms with Crippen molar-refractivity contribution in [2.45, 2.75) is 31.9 Å². The van der Waals surface area contributed by atoms with Crippen LogP contribution >= 0.6 is 0 Å². The van der Waals surface area contributed by atoms with Crippen molar-refractivity contribution >= 4 is 11.7 Å². The summed E-state index contributed by atoms with van der Waals surface area (Å²) < 4.78 is 5.97. The van der Waals surface area contributed by atoms with E-state index in [2.05, 4.69) is 46.5 Å². The third-order valence-corrected chi connectivity index (χ3v) is 3.97. The van der Waals surface area contributed by atoms with E-state index in [-0.39, 0.29) is 17.8 Å². The van der Waals surface area contributed by atoms with E-state index in [0.717, 1.165) is 25.0 Å². The van der Waals surface area contributed by atoms with Crippen LogP contribution in [0.4, 0.5) is 5.82 Å². The zero-order valence-corrected chi connectivity index (χ0v) is 13.0. The first-order chi connectivity index (χ1) is 11.1. The van der Waals surface area contributed by atoms with E-state index in [1.165, 1.54) is 18.0 Å². The van der Waals surface area contributed by atoms with Crippen LogP contribution < -0.4 is 11.1 Å². The van der Waals surface area contributed by atoms with E-state index in [0.29, 0.717) is 5.82 Å². The Morgan fingerprint density at radius 2 is 2.04 bits per heavy atom. The number of nitrogens with zero attached hydrogens (tertiary/aromatic N) is 2. The molecule has 1 amide bonds. The van der Waals surface area contributed by atoms with Gasteiger partial charge in [-0.25, -0.2) is 9.97 Å². The summed E-state index contributed by atoms with van der Waals surface area (Å²) in [4.78, 5) is 19.3. The number of anilines is 1. The monoisotopic (exact) mass is 312 g/mol. The third-order valence-electron chi connectivity index (χ3n) is 3.97. The lowest BCUT2D eigenvalue weighted by Crippen LogP contribution is -2.34. The lowest BCUT2D eigenvalue weighted by molar-refractivity contribution is 0.00554. The molecule has 2 heterocycles. The average molecular weight is 312 g/mol. The molecule has 0 unspecified atom stereocenters. The minimum absolute atomic E-state index is 0.0260. The molecule has 120 valence electrons. The van der Waals surface area contributed by atoms with Crippen molar-refractivity contribution in [3.8, 4) is 0 Å². The zero-order valence-electron chi connectivity index (χ0n) is 13.0. The van der Waals surface area contributed by atoms with E-state index in [1.807, 2.05) is 0 Å². The Kier molecular flexibility index (Phi) is 4.52. The number of ether oxygens (including phenoxy) is 1. The molecule has 6 nitrogen and oxygen atoms in total. The molecule has 1 aliphatic heterocycles. The van der Waals surface area contributed by atoms with Crippen molar-refractivity contribution in [2.75, 3.05) is 11.9 Å². The number of hydrogen-bond acceptors (Lipinski definition) is 5. The fraction of sp³-hybridized carbons (Fsp3) is 0.353. The van der Waals surface area contributed by atoms with E-state index in [1.54, 1.807) is 0 Å². The summed E-state index contributed by atoms with van der Waals surface area (Å²) in [5.41, 5.74) is 7.71. The Labute approximate surface area is 135 Å². The van der Waals surface area contributed by atoms with Gasteiger partial charge in [0.1, 0.15) is 17.6 Å². The first-order valence-electron chi connectivity index (χ1n) is 7.70. The molecule has 3 N–H and O–H groups in total. The number of carbonyl (C=O) groups excluding carboxylic acids is 1. The molecule has 1 fully saturated rings. The molecule has 0 spiro atoms. The van der Waals surface area contributed by atoms with Gasteiger partial charge in [-0.05, 0) is 25.3 Å². The molecule has 1 aliphatic rings. The van der Waals surface area contributed by atoms with E-state index in [9.17, 15) is 4.79 Å². The predicted molar refractivity (Wildman–Crippen MR) is 87.1 cm³/mol. The van der Waals surface area contributed by atoms with Gasteiger partial charge in [0, 0.05) is 6.61 Å². The maximum Gasteiger partial charge on any atom is 0.268 e. The fourth-order valence-electron chi connectivity index (χ4n) is 2.73. The highest BCUT2D eigenvalue weighted by molar-refractivity contribution is 5.90. The third kappa shape index (κ3) is 3.65. The van der Waals surface area contributed by atoms with E-state index in [4.69, 9.17) is 10.5 Å². The standard InChI is InChI=1S/C17H20N4O2/c1-11-4-6-12(7-5-11)16-13(3-2-8-23-16)21-15-10-19-14(9-20-15)17(18)22/h4-7,9-10,13,16H,2-3,8H2,1H3,(H2,18,22)(H,20,21)/t13-,16-/m0/s1. The van der Waals surface area contributed by atoms with Gasteiger partial charge in [0.25, 0.3) is 5.91 Å². The van der Waals surface area contributed by atoms with Crippen molar-refractivity contribution in [3.05, 3.63) is 53.5 Å². The normalized spacial score (nSPS) is 20.9. The molecule has 1 aromatic heterocycles. The summed E-state index contributed by atoms with van der Waals surface area (Å²) in [5.74, 6) is 0.0326. The lowest BCUT2D eigenvalue weighted by atomic mass is 9.95. The van der Waals surface area contributed by atoms with Gasteiger partial charge in [-0.15, -0.1) is 0 Å². The Balaban J connectivity index is 1.76. The van der Waals surface area contributed by atoms with Gasteiger partial charge >= 0.3 is 0 Å². The second kappa shape index (κ2) is 6.75. The van der Waals surface area contributed by atoms with Gasteiger partial charge in [-0.1, -0.05) is 29.8 Å². The SMILES string of the molecule is Cc1ccc([C@@H]2OCCC[C@@H]2Nc2cnc(C(N)=O)cn2)cc1. The highest BCUT2D eigenvalue weighted by Gasteiger charge is 2.27. The number of benzene rings is 1. The maximum absolute atomic E-state index is 11.0. The van der Waals surface area contributed by atoms with Crippen LogP contribution in [0.2, 0.25) is 0 Å². The Morgan fingerprint density at radius 3 is 2.70 bits per heavy atom. The van der Waals surface area contributed by atoms with Gasteiger partial charge in [-0.3, -0.25) is 4.79 Å². The molecule has 0 radical (unpaired) electrons. The van der Waals surface area contributed by atoms with Crippen molar-refractivity contribution in [2.24, 2.45) is 5.73 Å². The van der Waals surface area contributed by atoms with Crippen LogP contribution in [0, 0.1) is 6.92 Å². The van der Waals surface area contributed by atoms with Gasteiger partial charge in [0.2, 0.25) is 0 Å². The molecular formula is C17H20N4O2. The Morgan fingerprint density at radius 1 is 1.26 bits per heavy atom. The maximum atomic E-state index is 11.0. The van der Waals surface area contributed by atoms with Crippen LogP contribution in [-0.2, 0) is 4.74 Å². The van der Waals surface area contributed by atoms with Crippen LogP contribution in [0.15, 0.2) is 36.7 Å². The Hall–Kier alpha value is -2.47. The number of nitrogens with one attached hydrogen (secondary N) is 1. The van der Waals surface area contributed by atoms with Crippen LogP contribution in [0.1, 0.15) is 40.6 Å². The second-order valence-corrected chi connectivity index (χ2v) is 5.75. The Bertz CT molecular complexity index is 670. The summed E-state index contributed by atoms with van der Waals surface area (Å²) in [5, 5.41) is 3.36. The number of carbonyl (C=O) groups is 1. The second-order valence-electron chi connectivity index (χ2n) is 5.75. The van der Waals surface area contributed by atoms with Crippen LogP contribution in [0.5, 0.6) is 0 Å². The number of hydrogen-bond donors (Lipinski definition) is 2. The molecule has 0 bridgehead atoms. The molecule has 3 rings (SSSR count). The number of primary amides is 1. The van der Waals surface area contributed by atoms with Crippen LogP contribution in [0.3, 0.4) is 0 Å². The molecule has 2 aromatic rings. The first-order valence-corrected chi connectivity index (χ1v) is 7.70. The molecular weight excluding hydrogens is 292 g/mol. The van der Waals surface area contributed by atoms with Crippen molar-refractivity contribution in [1.82, 2.24) is 9.97 Å². The lowest BCUT2D eigenvalue weighted by Gasteiger charge is -2.33. The van der Waals surface area contributed by atoms with Gasteiger partial charge in [-0.2, -0.15) is 0 Å². The molecule has 6 heteroatoms. The number of rotatable bonds is 4. The summed E-state index contributed by atoms with van der Waals surface area (Å²) in [6.07, 6.45) is 4.86. The van der Waals surface area contributed by atoms with Gasteiger partial charge < -0.3 is 15.8 Å². The number of nitrogens with two attached hydrogens (primary N) is 1. The van der Waals surface area contributed by atoms with Crippen molar-refractivity contribution < 1.29 is 9.53 Å². The number of amides is 1. The van der Waals surface area contributed by atoms with Crippen LogP contribution in [0.25, 0.3) is 0 Å². The highest BCUT2D eigenvalue weighted by atomic mass is 16.5. The fourth-order valence-corrected chi connectivity index (χ4v) is 2.73. The summed E-state index contributed by atoms with van der Waals surface area (Å²) in [6, 6.07) is 8.49. The number of aryl methyl sites for hydroxylation is 1. The molecule has 0 saturated carbocycles. The largest absolute Gasteiger partial charge is 0.371 e. The predicted octanol–water partition coefficient (Wildman–Crippen LogP) is 2.22. The molecule has 0 aliphatic carbocycles. The quantitative estimate of drug-likeness (QED) is 0.903. The minimum atomic E-state index is -0.581. The number of aromatic nitrogens is 2. The highest BCUT2D eigenvalue weighted by Crippen LogP contribution is 2.30. The average Bonchev–Trinajstić information content (AvgIpc) is 2.57. The smallest absolute Gasteiger partial charge is 0.268 e. The molecule has 23 heavy (non-hydrogen) atoms. The first kappa shape index (κ1) is 15.4. The molecule has 2 atom stereocenters. The minimum Gasteiger partial charge on any atom is -0.371 e. The summed E-state index contributed by atoms with van der Waals surface area (Å²) in [7, 11) is 0. The van der Waals surface area contributed by atoms with Crippen LogP contribution in [-0.4, -0.2) is 28.5 Å². The van der Waals surface area contributed by atoms with Crippen molar-refractivity contribution in [1.29, 1.82) is 0 Å². The summed E-state index contributed by atoms with van der Waals surface area (Å²) >= 11 is 0. The van der Waals surface area contributed by atoms with Gasteiger partial charge in [0.05, 0.1) is 18.4 Å². The summed E-state index contributed by atoms with van der Waals surface area (Å²) in [6.45, 7) is 2.82. The molecule has 1 aromatic carbocycles. The van der Waals surface area contributed by atoms with Gasteiger partial charge in [0.15, 0.2) is 0 Å². The van der Waals surface area contributed by atoms with Crippen molar-refractivity contribution in [3.63, 3.8) is 0 Å². The van der Waals surface area contributed by atoms with E-state index >= 15 is 0 Å². The zero-order chi connectivity index (χ0) is 16.2. The van der Waals surface area contributed by atoms with E-state index < -0.39 is 5.91 Å². The topological polar surface area (TPSA) is 90.1 Å².